The normalized spacial score (nSPS) is 12.7. The lowest BCUT2D eigenvalue weighted by Gasteiger charge is -2.22. The maximum Gasteiger partial charge on any atom is 0.122 e. The number of para-hydroxylation sites is 1. The van der Waals surface area contributed by atoms with Gasteiger partial charge in [0.05, 0.1) is 12.7 Å². The maximum atomic E-state index is 10.1. The van der Waals surface area contributed by atoms with Crippen LogP contribution in [0.4, 0.5) is 0 Å². The molecule has 0 aliphatic rings. The van der Waals surface area contributed by atoms with Gasteiger partial charge in [-0.25, -0.2) is 0 Å². The second-order valence-corrected chi connectivity index (χ2v) is 4.38. The summed E-state index contributed by atoms with van der Waals surface area (Å²) < 4.78 is 5.57. The van der Waals surface area contributed by atoms with Crippen LogP contribution in [0.15, 0.2) is 24.3 Å². The number of hydrogen-bond donors (Lipinski definition) is 1. The van der Waals surface area contributed by atoms with Crippen molar-refractivity contribution in [1.29, 1.82) is 0 Å². The number of aliphatic hydroxyl groups excluding tert-OH is 1. The summed E-state index contributed by atoms with van der Waals surface area (Å²) in [7, 11) is 0. The van der Waals surface area contributed by atoms with E-state index in [1.807, 2.05) is 31.2 Å². The lowest BCUT2D eigenvalue weighted by Crippen LogP contribution is -2.33. The summed E-state index contributed by atoms with van der Waals surface area (Å²) in [5.74, 6) is 0.888. The van der Waals surface area contributed by atoms with Gasteiger partial charge in [-0.15, -0.1) is 0 Å². The molecule has 3 heteroatoms. The van der Waals surface area contributed by atoms with Crippen LogP contribution in [0.5, 0.6) is 5.75 Å². The van der Waals surface area contributed by atoms with Gasteiger partial charge in [0.1, 0.15) is 5.75 Å². The molecule has 0 aromatic heterocycles. The van der Waals surface area contributed by atoms with Gasteiger partial charge in [-0.05, 0) is 31.6 Å². The molecule has 0 aliphatic heterocycles. The van der Waals surface area contributed by atoms with Crippen LogP contribution in [0.3, 0.4) is 0 Å². The number of rotatable bonds is 8. The molecule has 0 saturated carbocycles. The standard InChI is InChI=1S/C15H25NO2/c1-4-16(5-2)12-14(17)11-13-9-7-8-10-15(13)18-6-3/h7-10,14,17H,4-6,11-12H2,1-3H3/t14-/m1/s1. The minimum absolute atomic E-state index is 0.341. The van der Waals surface area contributed by atoms with E-state index in [4.69, 9.17) is 4.74 Å². The van der Waals surface area contributed by atoms with Crippen LogP contribution >= 0.6 is 0 Å². The first-order chi connectivity index (χ1) is 8.71. The maximum absolute atomic E-state index is 10.1. The van der Waals surface area contributed by atoms with Crippen molar-refractivity contribution in [3.05, 3.63) is 29.8 Å². The molecule has 0 aliphatic carbocycles. The Labute approximate surface area is 110 Å². The van der Waals surface area contributed by atoms with Gasteiger partial charge < -0.3 is 14.7 Å². The Morgan fingerprint density at radius 1 is 1.17 bits per heavy atom. The van der Waals surface area contributed by atoms with E-state index < -0.39 is 0 Å². The quantitative estimate of drug-likeness (QED) is 0.769. The number of hydrogen-bond acceptors (Lipinski definition) is 3. The number of nitrogens with zero attached hydrogens (tertiary/aromatic N) is 1. The zero-order valence-corrected chi connectivity index (χ0v) is 11.7. The van der Waals surface area contributed by atoms with Crippen molar-refractivity contribution in [2.45, 2.75) is 33.3 Å². The van der Waals surface area contributed by atoms with Gasteiger partial charge in [0.15, 0.2) is 0 Å². The van der Waals surface area contributed by atoms with Crippen molar-refractivity contribution in [1.82, 2.24) is 4.90 Å². The molecule has 0 radical (unpaired) electrons. The molecule has 1 rings (SSSR count). The van der Waals surface area contributed by atoms with Crippen LogP contribution in [0.25, 0.3) is 0 Å². The van der Waals surface area contributed by atoms with Gasteiger partial charge in [-0.3, -0.25) is 0 Å². The lowest BCUT2D eigenvalue weighted by molar-refractivity contribution is 0.117. The van der Waals surface area contributed by atoms with Gasteiger partial charge in [-0.2, -0.15) is 0 Å². The van der Waals surface area contributed by atoms with Gasteiger partial charge >= 0.3 is 0 Å². The third-order valence-electron chi connectivity index (χ3n) is 3.09. The molecule has 0 bridgehead atoms. The Hall–Kier alpha value is -1.06. The van der Waals surface area contributed by atoms with E-state index in [9.17, 15) is 5.11 Å². The molecule has 1 atom stereocenters. The molecule has 102 valence electrons. The Bertz CT molecular complexity index is 337. The minimum atomic E-state index is -0.341. The first-order valence-electron chi connectivity index (χ1n) is 6.82. The molecule has 1 N–H and O–H groups in total. The SMILES string of the molecule is CCOc1ccccc1C[C@@H](O)CN(CC)CC. The Balaban J connectivity index is 2.60. The molecule has 18 heavy (non-hydrogen) atoms. The first-order valence-corrected chi connectivity index (χ1v) is 6.82. The molecule has 0 saturated heterocycles. The molecule has 0 amide bonds. The highest BCUT2D eigenvalue weighted by molar-refractivity contribution is 5.33. The Morgan fingerprint density at radius 3 is 2.44 bits per heavy atom. The van der Waals surface area contributed by atoms with Crippen molar-refractivity contribution in [2.24, 2.45) is 0 Å². The topological polar surface area (TPSA) is 32.7 Å². The van der Waals surface area contributed by atoms with Crippen LogP contribution in [0.1, 0.15) is 26.3 Å². The summed E-state index contributed by atoms with van der Waals surface area (Å²) in [6.07, 6.45) is 0.304. The van der Waals surface area contributed by atoms with E-state index in [0.29, 0.717) is 19.6 Å². The van der Waals surface area contributed by atoms with E-state index in [-0.39, 0.29) is 6.10 Å². The summed E-state index contributed by atoms with van der Waals surface area (Å²) >= 11 is 0. The molecule has 3 nitrogen and oxygen atoms in total. The lowest BCUT2D eigenvalue weighted by atomic mass is 10.1. The van der Waals surface area contributed by atoms with Crippen LogP contribution in [-0.2, 0) is 6.42 Å². The highest BCUT2D eigenvalue weighted by Gasteiger charge is 2.12. The van der Waals surface area contributed by atoms with Crippen molar-refractivity contribution in [3.8, 4) is 5.75 Å². The molecule has 0 heterocycles. The second kappa shape index (κ2) is 8.11. The van der Waals surface area contributed by atoms with E-state index in [1.54, 1.807) is 0 Å². The van der Waals surface area contributed by atoms with Crippen LogP contribution < -0.4 is 4.74 Å². The van der Waals surface area contributed by atoms with Gasteiger partial charge in [0.2, 0.25) is 0 Å². The minimum Gasteiger partial charge on any atom is -0.494 e. The average molecular weight is 251 g/mol. The Kier molecular flexibility index (Phi) is 6.76. The van der Waals surface area contributed by atoms with Gasteiger partial charge in [0.25, 0.3) is 0 Å². The molecule has 1 aromatic carbocycles. The van der Waals surface area contributed by atoms with Crippen LogP contribution in [0.2, 0.25) is 0 Å². The number of ether oxygens (including phenoxy) is 1. The van der Waals surface area contributed by atoms with E-state index in [1.165, 1.54) is 0 Å². The average Bonchev–Trinajstić information content (AvgIpc) is 2.38. The zero-order valence-electron chi connectivity index (χ0n) is 11.7. The fourth-order valence-electron chi connectivity index (χ4n) is 2.07. The molecule has 0 fully saturated rings. The fraction of sp³-hybridized carbons (Fsp3) is 0.600. The summed E-state index contributed by atoms with van der Waals surface area (Å²) in [5, 5.41) is 10.1. The fourth-order valence-corrected chi connectivity index (χ4v) is 2.07. The highest BCUT2D eigenvalue weighted by atomic mass is 16.5. The summed E-state index contributed by atoms with van der Waals surface area (Å²) in [4.78, 5) is 2.23. The highest BCUT2D eigenvalue weighted by Crippen LogP contribution is 2.19. The monoisotopic (exact) mass is 251 g/mol. The van der Waals surface area contributed by atoms with E-state index in [2.05, 4.69) is 18.7 Å². The van der Waals surface area contributed by atoms with Crippen molar-refractivity contribution >= 4 is 0 Å². The molecular formula is C15H25NO2. The molecule has 0 unspecified atom stereocenters. The van der Waals surface area contributed by atoms with Crippen LogP contribution in [-0.4, -0.2) is 42.4 Å². The van der Waals surface area contributed by atoms with Crippen LogP contribution in [0, 0.1) is 0 Å². The summed E-state index contributed by atoms with van der Waals surface area (Å²) in [6, 6.07) is 7.94. The predicted molar refractivity (Wildman–Crippen MR) is 75.1 cm³/mol. The smallest absolute Gasteiger partial charge is 0.122 e. The van der Waals surface area contributed by atoms with Gasteiger partial charge in [-0.1, -0.05) is 32.0 Å². The summed E-state index contributed by atoms with van der Waals surface area (Å²) in [6.45, 7) is 9.52. The van der Waals surface area contributed by atoms with E-state index >= 15 is 0 Å². The number of benzene rings is 1. The number of likely N-dealkylation sites (N-methyl/N-ethyl adjacent to an activating group) is 1. The van der Waals surface area contributed by atoms with Crippen molar-refractivity contribution in [2.75, 3.05) is 26.2 Å². The Morgan fingerprint density at radius 2 is 1.83 bits per heavy atom. The predicted octanol–water partition coefficient (Wildman–Crippen LogP) is 2.33. The number of aliphatic hydroxyl groups is 1. The third-order valence-corrected chi connectivity index (χ3v) is 3.09. The van der Waals surface area contributed by atoms with Gasteiger partial charge in [0, 0.05) is 13.0 Å². The van der Waals surface area contributed by atoms with E-state index in [0.717, 1.165) is 24.4 Å². The summed E-state index contributed by atoms with van der Waals surface area (Å²) in [5.41, 5.74) is 1.08. The first kappa shape index (κ1) is 15.0. The van der Waals surface area contributed by atoms with Crippen molar-refractivity contribution in [3.63, 3.8) is 0 Å². The second-order valence-electron chi connectivity index (χ2n) is 4.38. The van der Waals surface area contributed by atoms with Crippen molar-refractivity contribution < 1.29 is 9.84 Å². The molecular weight excluding hydrogens is 226 g/mol. The largest absolute Gasteiger partial charge is 0.494 e. The third kappa shape index (κ3) is 4.67. The zero-order chi connectivity index (χ0) is 13.4. The molecule has 1 aromatic rings. The molecule has 0 spiro atoms.